The number of nitrogens with zero attached hydrogens (tertiary/aromatic N) is 1. The Morgan fingerprint density at radius 1 is 1.21 bits per heavy atom. The SMILES string of the molecule is COC(=O)[C@@H]1CCC(C)N1C(=O)OC. The molecule has 0 spiro atoms. The van der Waals surface area contributed by atoms with E-state index in [1.54, 1.807) is 0 Å². The van der Waals surface area contributed by atoms with Crippen LogP contribution < -0.4 is 0 Å². The first kappa shape index (κ1) is 10.8. The zero-order chi connectivity index (χ0) is 10.7. The molecule has 5 nitrogen and oxygen atoms in total. The Bertz CT molecular complexity index is 241. The average Bonchev–Trinajstić information content (AvgIpc) is 2.58. The van der Waals surface area contributed by atoms with Gasteiger partial charge in [0.1, 0.15) is 6.04 Å². The van der Waals surface area contributed by atoms with E-state index in [0.717, 1.165) is 6.42 Å². The van der Waals surface area contributed by atoms with Crippen molar-refractivity contribution >= 4 is 12.1 Å². The van der Waals surface area contributed by atoms with Crippen LogP contribution in [0.25, 0.3) is 0 Å². The summed E-state index contributed by atoms with van der Waals surface area (Å²) in [6.07, 6.45) is 0.975. The van der Waals surface area contributed by atoms with Gasteiger partial charge in [0.25, 0.3) is 0 Å². The number of methoxy groups -OCH3 is 2. The topological polar surface area (TPSA) is 55.8 Å². The largest absolute Gasteiger partial charge is 0.467 e. The number of likely N-dealkylation sites (tertiary alicyclic amines) is 1. The molecule has 0 aromatic heterocycles. The Morgan fingerprint density at radius 3 is 2.36 bits per heavy atom. The standard InChI is InChI=1S/C9H15NO4/c1-6-4-5-7(8(11)13-2)10(6)9(12)14-3/h6-7H,4-5H2,1-3H3/t6?,7-/m0/s1. The van der Waals surface area contributed by atoms with Crippen LogP contribution in [-0.2, 0) is 14.3 Å². The third-order valence-electron chi connectivity index (χ3n) is 2.53. The molecule has 0 aromatic rings. The molecule has 0 radical (unpaired) electrons. The van der Waals surface area contributed by atoms with Gasteiger partial charge in [-0.2, -0.15) is 0 Å². The fourth-order valence-corrected chi connectivity index (χ4v) is 1.76. The lowest BCUT2D eigenvalue weighted by Gasteiger charge is -2.24. The smallest absolute Gasteiger partial charge is 0.410 e. The van der Waals surface area contributed by atoms with Gasteiger partial charge in [-0.1, -0.05) is 0 Å². The first-order valence-corrected chi connectivity index (χ1v) is 4.56. The second-order valence-electron chi connectivity index (χ2n) is 3.34. The maximum Gasteiger partial charge on any atom is 0.410 e. The van der Waals surface area contributed by atoms with Crippen LogP contribution in [0.5, 0.6) is 0 Å². The fourth-order valence-electron chi connectivity index (χ4n) is 1.76. The minimum absolute atomic E-state index is 0.0338. The molecule has 1 rings (SSSR count). The Hall–Kier alpha value is -1.26. The summed E-state index contributed by atoms with van der Waals surface area (Å²) in [4.78, 5) is 24.1. The van der Waals surface area contributed by atoms with Crippen LogP contribution in [0.1, 0.15) is 19.8 Å². The molecule has 2 atom stereocenters. The van der Waals surface area contributed by atoms with Crippen LogP contribution in [0.15, 0.2) is 0 Å². The predicted molar refractivity (Wildman–Crippen MR) is 48.7 cm³/mol. The number of amides is 1. The maximum atomic E-state index is 11.4. The lowest BCUT2D eigenvalue weighted by molar-refractivity contribution is -0.145. The van der Waals surface area contributed by atoms with Crippen molar-refractivity contribution in [1.82, 2.24) is 4.90 Å². The van der Waals surface area contributed by atoms with Gasteiger partial charge in [0.2, 0.25) is 0 Å². The number of ether oxygens (including phenoxy) is 2. The molecule has 14 heavy (non-hydrogen) atoms. The summed E-state index contributed by atoms with van der Waals surface area (Å²) in [5.74, 6) is -0.375. The van der Waals surface area contributed by atoms with Gasteiger partial charge in [-0.3, -0.25) is 4.90 Å². The van der Waals surface area contributed by atoms with Crippen LogP contribution in [0.2, 0.25) is 0 Å². The highest BCUT2D eigenvalue weighted by atomic mass is 16.5. The molecule has 0 aliphatic carbocycles. The van der Waals surface area contributed by atoms with Crippen molar-refractivity contribution in [3.8, 4) is 0 Å². The molecule has 5 heteroatoms. The molecule has 1 amide bonds. The normalized spacial score (nSPS) is 26.1. The van der Waals surface area contributed by atoms with Gasteiger partial charge in [0.05, 0.1) is 14.2 Å². The molecule has 1 heterocycles. The molecule has 1 fully saturated rings. The Balaban J connectivity index is 2.76. The Kier molecular flexibility index (Phi) is 3.33. The third kappa shape index (κ3) is 1.81. The molecule has 0 aromatic carbocycles. The lowest BCUT2D eigenvalue weighted by atomic mass is 10.2. The quantitative estimate of drug-likeness (QED) is 0.588. The minimum atomic E-state index is -0.484. The number of esters is 1. The molecule has 1 aliphatic heterocycles. The van der Waals surface area contributed by atoms with E-state index in [2.05, 4.69) is 9.47 Å². The number of carbonyl (C=O) groups is 2. The van der Waals surface area contributed by atoms with Gasteiger partial charge in [-0.05, 0) is 19.8 Å². The van der Waals surface area contributed by atoms with Crippen LogP contribution in [0.3, 0.4) is 0 Å². The van der Waals surface area contributed by atoms with Crippen molar-refractivity contribution in [2.24, 2.45) is 0 Å². The molecule has 1 saturated heterocycles. The molecule has 80 valence electrons. The Labute approximate surface area is 83.0 Å². The van der Waals surface area contributed by atoms with Gasteiger partial charge in [-0.25, -0.2) is 9.59 Å². The van der Waals surface area contributed by atoms with Gasteiger partial charge >= 0.3 is 12.1 Å². The summed E-state index contributed by atoms with van der Waals surface area (Å²) in [5, 5.41) is 0. The van der Waals surface area contributed by atoms with Crippen molar-refractivity contribution in [1.29, 1.82) is 0 Å². The van der Waals surface area contributed by atoms with Crippen molar-refractivity contribution in [3.63, 3.8) is 0 Å². The third-order valence-corrected chi connectivity index (χ3v) is 2.53. The van der Waals surface area contributed by atoms with Crippen molar-refractivity contribution in [2.45, 2.75) is 31.8 Å². The second-order valence-corrected chi connectivity index (χ2v) is 3.34. The summed E-state index contributed by atoms with van der Waals surface area (Å²) in [6.45, 7) is 1.89. The van der Waals surface area contributed by atoms with E-state index in [9.17, 15) is 9.59 Å². The van der Waals surface area contributed by atoms with E-state index in [1.807, 2.05) is 6.92 Å². The van der Waals surface area contributed by atoms with Crippen molar-refractivity contribution < 1.29 is 19.1 Å². The van der Waals surface area contributed by atoms with E-state index in [4.69, 9.17) is 0 Å². The highest BCUT2D eigenvalue weighted by Crippen LogP contribution is 2.25. The van der Waals surface area contributed by atoms with Gasteiger partial charge in [0, 0.05) is 6.04 Å². The summed E-state index contributed by atoms with van der Waals surface area (Å²) in [5.41, 5.74) is 0. The maximum absolute atomic E-state index is 11.4. The molecular formula is C9H15NO4. The van der Waals surface area contributed by atoms with E-state index in [0.29, 0.717) is 6.42 Å². The predicted octanol–water partition coefficient (Wildman–Crippen LogP) is 0.779. The second kappa shape index (κ2) is 4.30. The van der Waals surface area contributed by atoms with Crippen LogP contribution >= 0.6 is 0 Å². The summed E-state index contributed by atoms with van der Waals surface area (Å²) >= 11 is 0. The van der Waals surface area contributed by atoms with Crippen LogP contribution in [-0.4, -0.2) is 43.3 Å². The lowest BCUT2D eigenvalue weighted by Crippen LogP contribution is -2.44. The summed E-state index contributed by atoms with van der Waals surface area (Å²) in [7, 11) is 2.63. The van der Waals surface area contributed by atoms with Gasteiger partial charge in [0.15, 0.2) is 0 Å². The number of carbonyl (C=O) groups excluding carboxylic acids is 2. The fraction of sp³-hybridized carbons (Fsp3) is 0.778. The molecule has 0 saturated carbocycles. The highest BCUT2D eigenvalue weighted by Gasteiger charge is 2.40. The van der Waals surface area contributed by atoms with Crippen molar-refractivity contribution in [3.05, 3.63) is 0 Å². The van der Waals surface area contributed by atoms with E-state index in [1.165, 1.54) is 19.1 Å². The number of rotatable bonds is 1. The van der Waals surface area contributed by atoms with Gasteiger partial charge < -0.3 is 9.47 Å². The van der Waals surface area contributed by atoms with Gasteiger partial charge in [-0.15, -0.1) is 0 Å². The van der Waals surface area contributed by atoms with E-state index in [-0.39, 0.29) is 12.0 Å². The monoisotopic (exact) mass is 201 g/mol. The van der Waals surface area contributed by atoms with Crippen LogP contribution in [0.4, 0.5) is 4.79 Å². The Morgan fingerprint density at radius 2 is 1.86 bits per heavy atom. The highest BCUT2D eigenvalue weighted by molar-refractivity contribution is 5.82. The van der Waals surface area contributed by atoms with E-state index >= 15 is 0 Å². The first-order chi connectivity index (χ1) is 6.61. The van der Waals surface area contributed by atoms with E-state index < -0.39 is 12.1 Å². The molecule has 1 unspecified atom stereocenters. The number of hydrogen-bond donors (Lipinski definition) is 0. The molecule has 0 bridgehead atoms. The minimum Gasteiger partial charge on any atom is -0.467 e. The summed E-state index contributed by atoms with van der Waals surface area (Å²) < 4.78 is 9.23. The average molecular weight is 201 g/mol. The molecule has 0 N–H and O–H groups in total. The van der Waals surface area contributed by atoms with Crippen LogP contribution in [0, 0.1) is 0 Å². The summed E-state index contributed by atoms with van der Waals surface area (Å²) in [6, 6.07) is -0.450. The molecule has 1 aliphatic rings. The zero-order valence-electron chi connectivity index (χ0n) is 8.65. The molecular weight excluding hydrogens is 186 g/mol. The first-order valence-electron chi connectivity index (χ1n) is 4.56. The number of hydrogen-bond acceptors (Lipinski definition) is 4. The zero-order valence-corrected chi connectivity index (χ0v) is 8.65. The van der Waals surface area contributed by atoms with Crippen molar-refractivity contribution in [2.75, 3.05) is 14.2 Å².